The van der Waals surface area contributed by atoms with Crippen molar-refractivity contribution in [2.45, 2.75) is 89.6 Å². The molecule has 111 heavy (non-hydrogen) atoms. The molecule has 610 valence electrons. The number of benzene rings is 4. The summed E-state index contributed by atoms with van der Waals surface area (Å²) in [5.74, 6) is -1.70. The van der Waals surface area contributed by atoms with Crippen LogP contribution in [0.1, 0.15) is 47.0 Å². The summed E-state index contributed by atoms with van der Waals surface area (Å²) in [6.45, 7) is 20.2. The Labute approximate surface area is 643 Å². The van der Waals surface area contributed by atoms with E-state index in [2.05, 4.69) is 57.2 Å². The first-order valence-corrected chi connectivity index (χ1v) is 37.5. The standard InChI is InChI=1S/C20H29FN4O4.C19H27FN4O4.C18H25FN4O4.C18H24FN3O5/c1-14(26)23-11-17-13-25(20(27)29-17)16-3-4-19(18(21)9-16)28-8-7-24(2)12-15-5-6-22-10-15;1-13(25)22-11-16-12-24(19(26)28-16)14-3-4-18(17(20)9-14)27-8-7-23(2)15-5-6-21-10-15;1-12(24)21-10-15-11-23(18(25)27-15)13-3-4-17(16(19)7-13)26-6-5-22(2)14-8-20-9-14;1-12(23)21-10-15-11-22(18(24)27-15)13-2-3-17(16(19)8-13)26-7-6-25-14-4-5-20-9-14/h3-4,9,15,17,22H,5-8,10-13H2,1-2H3,(H,23,26);3-4,9,15-16,21H,5-8,10-12H2,1-2H3,(H,22,25);3-4,7,14-15,20H,5-6,8-11H2,1-2H3,(H,21,24);2-3,8,14-15,20H,4-7,9-11H2,1H3,(H,21,23)/t15-,17-;;15-;/m0.0./s1. The fourth-order valence-corrected chi connectivity index (χ4v) is 12.9. The minimum atomic E-state index is -0.572. The molecular formula is C75H105F4N15O17. The van der Waals surface area contributed by atoms with Crippen LogP contribution in [-0.2, 0) is 42.9 Å². The van der Waals surface area contributed by atoms with Crippen LogP contribution in [0.25, 0.3) is 0 Å². The van der Waals surface area contributed by atoms with Crippen molar-refractivity contribution < 1.29 is 98.5 Å². The smallest absolute Gasteiger partial charge is 0.414 e. The number of nitrogens with one attached hydrogen (secondary N) is 8. The number of cyclic esters (lactones) is 4. The minimum absolute atomic E-state index is 0.106. The Kier molecular flexibility index (Phi) is 32.9. The number of rotatable bonds is 33. The monoisotopic (exact) mass is 1560 g/mol. The highest BCUT2D eigenvalue weighted by Crippen LogP contribution is 2.32. The number of hydrogen-bond acceptors (Lipinski definition) is 24. The highest BCUT2D eigenvalue weighted by Gasteiger charge is 2.37. The van der Waals surface area contributed by atoms with Gasteiger partial charge in [0.05, 0.1) is 87.8 Å². The Morgan fingerprint density at radius 3 is 1.07 bits per heavy atom. The van der Waals surface area contributed by atoms with E-state index in [0.717, 1.165) is 71.7 Å². The molecule has 36 heteroatoms. The van der Waals surface area contributed by atoms with Gasteiger partial charge in [-0.1, -0.05) is 0 Å². The molecule has 8 saturated heterocycles. The molecule has 4 aromatic carbocycles. The molecule has 12 rings (SSSR count). The molecule has 8 N–H and O–H groups in total. The van der Waals surface area contributed by atoms with E-state index in [0.29, 0.717) is 86.8 Å². The second-order valence-electron chi connectivity index (χ2n) is 28.1. The molecule has 8 fully saturated rings. The minimum Gasteiger partial charge on any atom is -0.489 e. The maximum atomic E-state index is 14.5. The lowest BCUT2D eigenvalue weighted by molar-refractivity contribution is -0.120. The van der Waals surface area contributed by atoms with Gasteiger partial charge in [-0.05, 0) is 121 Å². The van der Waals surface area contributed by atoms with Gasteiger partial charge in [0, 0.05) is 116 Å². The number of hydrogen-bond donors (Lipinski definition) is 8. The zero-order valence-electron chi connectivity index (χ0n) is 63.9. The lowest BCUT2D eigenvalue weighted by Crippen LogP contribution is -2.56. The van der Waals surface area contributed by atoms with Crippen molar-refractivity contribution in [3.63, 3.8) is 0 Å². The zero-order valence-corrected chi connectivity index (χ0v) is 63.9. The van der Waals surface area contributed by atoms with Gasteiger partial charge in [-0.15, -0.1) is 0 Å². The number of carbonyl (C=O) groups excluding carboxylic acids is 8. The van der Waals surface area contributed by atoms with Gasteiger partial charge < -0.3 is 90.1 Å². The van der Waals surface area contributed by atoms with E-state index >= 15 is 0 Å². The van der Waals surface area contributed by atoms with Crippen LogP contribution in [0.5, 0.6) is 23.0 Å². The number of ether oxygens (including phenoxy) is 9. The number of likely N-dealkylation sites (N-methyl/N-ethyl adjacent to an activating group) is 3. The molecular weight excluding hydrogens is 1460 g/mol. The number of nitrogens with zero attached hydrogens (tertiary/aromatic N) is 7. The lowest BCUT2D eigenvalue weighted by Gasteiger charge is -2.35. The van der Waals surface area contributed by atoms with E-state index in [9.17, 15) is 55.9 Å². The summed E-state index contributed by atoms with van der Waals surface area (Å²) >= 11 is 0. The lowest BCUT2D eigenvalue weighted by atomic mass is 10.1. The Morgan fingerprint density at radius 2 is 0.757 bits per heavy atom. The highest BCUT2D eigenvalue weighted by molar-refractivity contribution is 5.92. The summed E-state index contributed by atoms with van der Waals surface area (Å²) in [7, 11) is 6.10. The third kappa shape index (κ3) is 26.8. The Bertz CT molecular complexity index is 3760. The molecule has 0 aliphatic carbocycles. The van der Waals surface area contributed by atoms with Gasteiger partial charge in [0.25, 0.3) is 0 Å². The van der Waals surface area contributed by atoms with E-state index < -0.39 is 72.1 Å². The van der Waals surface area contributed by atoms with Crippen molar-refractivity contribution >= 4 is 70.8 Å². The van der Waals surface area contributed by atoms with E-state index in [1.165, 1.54) is 102 Å². The van der Waals surface area contributed by atoms with Crippen molar-refractivity contribution in [2.24, 2.45) is 5.92 Å². The second-order valence-corrected chi connectivity index (χ2v) is 28.1. The molecule has 0 spiro atoms. The van der Waals surface area contributed by atoms with Gasteiger partial charge >= 0.3 is 24.4 Å². The number of anilines is 4. The molecule has 8 aliphatic heterocycles. The molecule has 8 heterocycles. The zero-order chi connectivity index (χ0) is 79.5. The van der Waals surface area contributed by atoms with Crippen LogP contribution in [0.4, 0.5) is 59.5 Å². The maximum absolute atomic E-state index is 14.5. The molecule has 0 radical (unpaired) electrons. The summed E-state index contributed by atoms with van der Waals surface area (Å²) in [5.41, 5.74) is 1.57. The van der Waals surface area contributed by atoms with Crippen LogP contribution < -0.4 is 81.1 Å². The molecule has 0 saturated carbocycles. The molecule has 4 aromatic rings. The fraction of sp³-hybridized carbons (Fsp3) is 0.573. The Balaban J connectivity index is 0.000000170. The van der Waals surface area contributed by atoms with Crippen LogP contribution in [0.2, 0.25) is 0 Å². The quantitative estimate of drug-likeness (QED) is 0.0191. The number of halogens is 4. The van der Waals surface area contributed by atoms with Gasteiger partial charge in [-0.3, -0.25) is 48.6 Å². The average molecular weight is 1560 g/mol. The van der Waals surface area contributed by atoms with Crippen LogP contribution in [0.3, 0.4) is 0 Å². The van der Waals surface area contributed by atoms with Crippen molar-refractivity contribution in [1.29, 1.82) is 0 Å². The average Bonchev–Trinajstić information content (AvgIpc) is 1.73. The predicted molar refractivity (Wildman–Crippen MR) is 402 cm³/mol. The predicted octanol–water partition coefficient (Wildman–Crippen LogP) is 3.78. The van der Waals surface area contributed by atoms with Gasteiger partial charge in [0.15, 0.2) is 46.3 Å². The molecule has 8 aliphatic rings. The number of amides is 8. The molecule has 0 aromatic heterocycles. The fourth-order valence-electron chi connectivity index (χ4n) is 12.9. The van der Waals surface area contributed by atoms with Crippen molar-refractivity contribution in [3.05, 3.63) is 96.1 Å². The summed E-state index contributed by atoms with van der Waals surface area (Å²) in [6, 6.07) is 18.6. The highest BCUT2D eigenvalue weighted by atomic mass is 19.1. The van der Waals surface area contributed by atoms with Gasteiger partial charge in [0.1, 0.15) is 50.8 Å². The van der Waals surface area contributed by atoms with Gasteiger partial charge in [-0.2, -0.15) is 0 Å². The van der Waals surface area contributed by atoms with Crippen molar-refractivity contribution in [1.82, 2.24) is 57.2 Å². The van der Waals surface area contributed by atoms with Crippen LogP contribution in [0, 0.1) is 29.2 Å². The molecule has 32 nitrogen and oxygen atoms in total. The molecule has 7 atom stereocenters. The van der Waals surface area contributed by atoms with E-state index in [4.69, 9.17) is 42.6 Å². The summed E-state index contributed by atoms with van der Waals surface area (Å²) in [4.78, 5) is 104. The summed E-state index contributed by atoms with van der Waals surface area (Å²) in [6.07, 6.45) is -0.658. The van der Waals surface area contributed by atoms with Crippen LogP contribution >= 0.6 is 0 Å². The first kappa shape index (κ1) is 85.4. The van der Waals surface area contributed by atoms with Crippen molar-refractivity contribution in [3.8, 4) is 23.0 Å². The molecule has 0 bridgehead atoms. The third-order valence-electron chi connectivity index (χ3n) is 19.3. The Hall–Kier alpha value is -9.56. The Morgan fingerprint density at radius 1 is 0.423 bits per heavy atom. The molecule has 4 unspecified atom stereocenters. The van der Waals surface area contributed by atoms with Gasteiger partial charge in [0.2, 0.25) is 23.6 Å². The van der Waals surface area contributed by atoms with Gasteiger partial charge in [-0.25, -0.2) is 36.7 Å². The van der Waals surface area contributed by atoms with Crippen LogP contribution in [0.15, 0.2) is 72.8 Å². The largest absolute Gasteiger partial charge is 0.489 e. The first-order valence-electron chi connectivity index (χ1n) is 37.5. The van der Waals surface area contributed by atoms with Crippen molar-refractivity contribution in [2.75, 3.05) is 205 Å². The normalized spacial score (nSPS) is 21.3. The van der Waals surface area contributed by atoms with E-state index in [-0.39, 0.29) is 112 Å². The first-order chi connectivity index (χ1) is 53.3. The number of carbonyl (C=O) groups is 8. The third-order valence-corrected chi connectivity index (χ3v) is 19.3. The summed E-state index contributed by atoms with van der Waals surface area (Å²) < 4.78 is 106. The van der Waals surface area contributed by atoms with E-state index in [1.807, 2.05) is 21.1 Å². The topological polar surface area (TPSA) is 339 Å². The SMILES string of the molecule is CC(=O)NCC1CN(c2ccc(OCCN(C)C3CCNC3)c(F)c2)C(=O)O1.CC(=O)NCC1CN(c2ccc(OCCOC3CCNC3)c(F)c2)C(=O)O1.CC(=O)NC[C@H]1CN(c2ccc(OCCN(C)C3CNC3)c(F)c2)C(=O)O1.CC(=O)NC[C@H]1CN(c2ccc(OCCN(C)C[C@H]3CCNC3)c(F)c2)C(=O)O1. The maximum Gasteiger partial charge on any atom is 0.414 e. The van der Waals surface area contributed by atoms with Crippen LogP contribution in [-0.4, -0.2) is 290 Å². The van der Waals surface area contributed by atoms with E-state index in [1.54, 1.807) is 24.3 Å². The molecule has 8 amide bonds. The summed E-state index contributed by atoms with van der Waals surface area (Å²) in [5, 5.41) is 23.5. The second kappa shape index (κ2) is 42.7.